The molecule has 156 valence electrons. The Kier molecular flexibility index (Phi) is 6.73. The van der Waals surface area contributed by atoms with Crippen LogP contribution in [0.2, 0.25) is 0 Å². The van der Waals surface area contributed by atoms with Gasteiger partial charge < -0.3 is 14.8 Å². The summed E-state index contributed by atoms with van der Waals surface area (Å²) >= 11 is 0.873. The molecule has 9 heteroatoms. The van der Waals surface area contributed by atoms with Gasteiger partial charge in [-0.25, -0.2) is 9.59 Å². The Balaban J connectivity index is 1.66. The number of methoxy groups -OCH3 is 1. The van der Waals surface area contributed by atoms with Crippen molar-refractivity contribution in [3.05, 3.63) is 65.2 Å². The summed E-state index contributed by atoms with van der Waals surface area (Å²) in [6, 6.07) is 13.0. The fourth-order valence-electron chi connectivity index (χ4n) is 2.85. The summed E-state index contributed by atoms with van der Waals surface area (Å²) in [5.74, 6) is -1.30. The van der Waals surface area contributed by atoms with Gasteiger partial charge in [-0.15, -0.1) is 0 Å². The molecule has 0 aromatic heterocycles. The van der Waals surface area contributed by atoms with Gasteiger partial charge in [0.25, 0.3) is 11.1 Å². The molecule has 2 amide bonds. The predicted molar refractivity (Wildman–Crippen MR) is 111 cm³/mol. The molecule has 1 saturated heterocycles. The maximum atomic E-state index is 12.7. The van der Waals surface area contributed by atoms with Gasteiger partial charge >= 0.3 is 11.9 Å². The molecular formula is C21H20N2O6S. The van der Waals surface area contributed by atoms with Crippen LogP contribution in [0.3, 0.4) is 0 Å². The number of carbonyl (C=O) groups is 4. The number of imide groups is 1. The molecule has 0 bridgehead atoms. The van der Waals surface area contributed by atoms with Crippen molar-refractivity contribution >= 4 is 40.5 Å². The van der Waals surface area contributed by atoms with Crippen LogP contribution in [0.4, 0.5) is 10.5 Å². The fourth-order valence-corrected chi connectivity index (χ4v) is 3.75. The highest BCUT2D eigenvalue weighted by atomic mass is 32.2. The molecule has 2 aromatic rings. The van der Waals surface area contributed by atoms with Crippen LogP contribution in [-0.4, -0.2) is 47.1 Å². The zero-order valence-electron chi connectivity index (χ0n) is 16.4. The Morgan fingerprint density at radius 2 is 1.80 bits per heavy atom. The van der Waals surface area contributed by atoms with E-state index < -0.39 is 17.3 Å². The van der Waals surface area contributed by atoms with Gasteiger partial charge in [-0.05, 0) is 60.6 Å². The van der Waals surface area contributed by atoms with Crippen molar-refractivity contribution in [2.75, 3.05) is 19.0 Å². The first-order valence-corrected chi connectivity index (χ1v) is 10.0. The number of carbonyl (C=O) groups excluding carboxylic acids is 4. The standard InChI is InChI=1S/C21H20N2O6S/c1-3-29-20(26)14-7-9-16(10-8-14)22-17-18(24)23(21(27)30-17)12-13-5-4-6-15(11-13)19(25)28-2/h4-11,17,22H,3,12H2,1-2H3/t17-/m0/s1. The molecule has 0 radical (unpaired) electrons. The molecule has 1 N–H and O–H groups in total. The molecule has 30 heavy (non-hydrogen) atoms. The fraction of sp³-hybridized carbons (Fsp3) is 0.238. The first kappa shape index (κ1) is 21.4. The lowest BCUT2D eigenvalue weighted by molar-refractivity contribution is -0.126. The van der Waals surface area contributed by atoms with Crippen LogP contribution < -0.4 is 5.32 Å². The van der Waals surface area contributed by atoms with Crippen LogP contribution in [0.15, 0.2) is 48.5 Å². The normalized spacial score (nSPS) is 15.8. The molecule has 1 fully saturated rings. The largest absolute Gasteiger partial charge is 0.465 e. The molecule has 3 rings (SSSR count). The van der Waals surface area contributed by atoms with Crippen molar-refractivity contribution in [3.63, 3.8) is 0 Å². The van der Waals surface area contributed by atoms with Crippen molar-refractivity contribution in [2.45, 2.75) is 18.8 Å². The van der Waals surface area contributed by atoms with Crippen LogP contribution in [-0.2, 0) is 20.8 Å². The maximum Gasteiger partial charge on any atom is 0.338 e. The van der Waals surface area contributed by atoms with Crippen LogP contribution in [0.1, 0.15) is 33.2 Å². The van der Waals surface area contributed by atoms with E-state index in [1.165, 1.54) is 7.11 Å². The van der Waals surface area contributed by atoms with Gasteiger partial charge in [-0.3, -0.25) is 14.5 Å². The van der Waals surface area contributed by atoms with Crippen molar-refractivity contribution < 1.29 is 28.7 Å². The highest BCUT2D eigenvalue weighted by molar-refractivity contribution is 8.15. The van der Waals surface area contributed by atoms with Crippen molar-refractivity contribution in [3.8, 4) is 0 Å². The third kappa shape index (κ3) is 4.80. The molecule has 1 heterocycles. The lowest BCUT2D eigenvalue weighted by atomic mass is 10.1. The average Bonchev–Trinajstić information content (AvgIpc) is 3.01. The second kappa shape index (κ2) is 9.45. The topological polar surface area (TPSA) is 102 Å². The lowest BCUT2D eigenvalue weighted by Gasteiger charge is -2.15. The van der Waals surface area contributed by atoms with Crippen LogP contribution in [0, 0.1) is 0 Å². The molecule has 2 aromatic carbocycles. The number of nitrogens with zero attached hydrogens (tertiary/aromatic N) is 1. The van der Waals surface area contributed by atoms with E-state index in [1.807, 2.05) is 0 Å². The monoisotopic (exact) mass is 428 g/mol. The van der Waals surface area contributed by atoms with Gasteiger partial charge in [-0.1, -0.05) is 12.1 Å². The van der Waals surface area contributed by atoms with Crippen LogP contribution in [0.25, 0.3) is 0 Å². The number of anilines is 1. The van der Waals surface area contributed by atoms with E-state index >= 15 is 0 Å². The Hall–Kier alpha value is -3.33. The van der Waals surface area contributed by atoms with Gasteiger partial charge in [0.1, 0.15) is 0 Å². The van der Waals surface area contributed by atoms with Crippen molar-refractivity contribution in [2.24, 2.45) is 0 Å². The average molecular weight is 428 g/mol. The Morgan fingerprint density at radius 1 is 1.07 bits per heavy atom. The van der Waals surface area contributed by atoms with Gasteiger partial charge in [0.05, 0.1) is 31.4 Å². The molecule has 1 atom stereocenters. The second-order valence-electron chi connectivity index (χ2n) is 6.32. The van der Waals surface area contributed by atoms with E-state index in [4.69, 9.17) is 9.47 Å². The van der Waals surface area contributed by atoms with E-state index in [0.717, 1.165) is 16.7 Å². The molecule has 0 saturated carbocycles. The lowest BCUT2D eigenvalue weighted by Crippen LogP contribution is -2.34. The number of rotatable bonds is 7. The minimum atomic E-state index is -0.783. The van der Waals surface area contributed by atoms with Crippen molar-refractivity contribution in [1.82, 2.24) is 4.90 Å². The second-order valence-corrected chi connectivity index (χ2v) is 7.38. The number of amides is 2. The molecule has 0 aliphatic carbocycles. The molecule has 0 unspecified atom stereocenters. The number of benzene rings is 2. The van der Waals surface area contributed by atoms with E-state index in [-0.39, 0.29) is 24.3 Å². The SMILES string of the molecule is CCOC(=O)c1ccc(N[C@H]2SC(=O)N(Cc3cccc(C(=O)OC)c3)C2=O)cc1. The Morgan fingerprint density at radius 3 is 2.47 bits per heavy atom. The minimum Gasteiger partial charge on any atom is -0.465 e. The molecule has 0 spiro atoms. The van der Waals surface area contributed by atoms with E-state index in [2.05, 4.69) is 5.32 Å². The van der Waals surface area contributed by atoms with Crippen molar-refractivity contribution in [1.29, 1.82) is 0 Å². The molecule has 1 aliphatic rings. The van der Waals surface area contributed by atoms with E-state index in [9.17, 15) is 19.2 Å². The molecule has 1 aliphatic heterocycles. The third-order valence-corrected chi connectivity index (χ3v) is 5.29. The highest BCUT2D eigenvalue weighted by Crippen LogP contribution is 2.29. The summed E-state index contributed by atoms with van der Waals surface area (Å²) in [5, 5.41) is 1.83. The summed E-state index contributed by atoms with van der Waals surface area (Å²) in [4.78, 5) is 49.6. The first-order chi connectivity index (χ1) is 14.4. The number of hydrogen-bond acceptors (Lipinski definition) is 8. The highest BCUT2D eigenvalue weighted by Gasteiger charge is 2.39. The number of esters is 2. The quantitative estimate of drug-likeness (QED) is 0.671. The van der Waals surface area contributed by atoms with Gasteiger partial charge in [0.2, 0.25) is 0 Å². The zero-order valence-corrected chi connectivity index (χ0v) is 17.2. The summed E-state index contributed by atoms with van der Waals surface area (Å²) < 4.78 is 9.63. The number of hydrogen-bond donors (Lipinski definition) is 1. The molecular weight excluding hydrogens is 408 g/mol. The summed E-state index contributed by atoms with van der Waals surface area (Å²) in [6.45, 7) is 2.06. The van der Waals surface area contributed by atoms with E-state index in [1.54, 1.807) is 55.5 Å². The van der Waals surface area contributed by atoms with Gasteiger partial charge in [-0.2, -0.15) is 0 Å². The number of nitrogens with one attached hydrogen (secondary N) is 1. The van der Waals surface area contributed by atoms with Gasteiger partial charge in [0, 0.05) is 5.69 Å². The Bertz CT molecular complexity index is 976. The zero-order chi connectivity index (χ0) is 21.7. The summed E-state index contributed by atoms with van der Waals surface area (Å²) in [5.41, 5.74) is 1.98. The number of thioether (sulfide) groups is 1. The maximum absolute atomic E-state index is 12.7. The smallest absolute Gasteiger partial charge is 0.338 e. The summed E-state index contributed by atoms with van der Waals surface area (Å²) in [7, 11) is 1.29. The predicted octanol–water partition coefficient (Wildman–Crippen LogP) is 3.28. The van der Waals surface area contributed by atoms with Gasteiger partial charge in [0.15, 0.2) is 5.37 Å². The van der Waals surface area contributed by atoms with Crippen LogP contribution in [0.5, 0.6) is 0 Å². The molecule has 8 nitrogen and oxygen atoms in total. The first-order valence-electron chi connectivity index (χ1n) is 9.16. The minimum absolute atomic E-state index is 0.0511. The van der Waals surface area contributed by atoms with Crippen LogP contribution >= 0.6 is 11.8 Å². The Labute approximate surface area is 177 Å². The third-order valence-electron chi connectivity index (χ3n) is 4.31. The number of ether oxygens (including phenoxy) is 2. The van der Waals surface area contributed by atoms with E-state index in [0.29, 0.717) is 22.4 Å². The summed E-state index contributed by atoms with van der Waals surface area (Å²) in [6.07, 6.45) is 0.